The predicted molar refractivity (Wildman–Crippen MR) is 92.8 cm³/mol. The maximum Gasteiger partial charge on any atom is 0.410 e. The number of nitrogens with zero attached hydrogens (tertiary/aromatic N) is 2. The minimum atomic E-state index is -0.430. The summed E-state index contributed by atoms with van der Waals surface area (Å²) in [5, 5.41) is 0. The van der Waals surface area contributed by atoms with Gasteiger partial charge >= 0.3 is 6.09 Å². The lowest BCUT2D eigenvalue weighted by Crippen LogP contribution is -2.46. The van der Waals surface area contributed by atoms with Gasteiger partial charge in [-0.2, -0.15) is 0 Å². The molecule has 0 N–H and O–H groups in total. The number of piperidine rings is 1. The van der Waals surface area contributed by atoms with E-state index in [0.717, 1.165) is 38.9 Å². The van der Waals surface area contributed by atoms with Gasteiger partial charge in [-0.05, 0) is 57.6 Å². The van der Waals surface area contributed by atoms with Gasteiger partial charge in [0.2, 0.25) is 0 Å². The summed E-state index contributed by atoms with van der Waals surface area (Å²) in [4.78, 5) is 18.9. The molecule has 1 fully saturated rings. The molecule has 0 aromatic carbocycles. The van der Waals surface area contributed by atoms with Crippen molar-refractivity contribution in [3.63, 3.8) is 0 Å². The van der Waals surface area contributed by atoms with Crippen LogP contribution in [0.3, 0.4) is 0 Å². The van der Waals surface area contributed by atoms with Crippen molar-refractivity contribution in [1.82, 2.24) is 4.90 Å². The van der Waals surface area contributed by atoms with Gasteiger partial charge in [-0.25, -0.2) is 4.79 Å². The molecule has 1 aliphatic carbocycles. The van der Waals surface area contributed by atoms with Gasteiger partial charge in [0.25, 0.3) is 0 Å². The SMILES string of the molecule is CC1C=CC2=NCC3(CCN(C(=O)OC(C)(C)C)CC3)C2=CC1. The van der Waals surface area contributed by atoms with Crippen molar-refractivity contribution < 1.29 is 9.53 Å². The van der Waals surface area contributed by atoms with Crippen LogP contribution in [0.5, 0.6) is 0 Å². The molecule has 1 spiro atoms. The fraction of sp³-hybridized carbons (Fsp3) is 0.684. The van der Waals surface area contributed by atoms with Crippen molar-refractivity contribution >= 4 is 11.8 Å². The number of likely N-dealkylation sites (tertiary alicyclic amines) is 1. The number of ether oxygens (including phenoxy) is 1. The van der Waals surface area contributed by atoms with E-state index in [9.17, 15) is 4.79 Å². The highest BCUT2D eigenvalue weighted by Crippen LogP contribution is 2.45. The fourth-order valence-electron chi connectivity index (χ4n) is 3.65. The van der Waals surface area contributed by atoms with Crippen LogP contribution in [-0.2, 0) is 4.74 Å². The second kappa shape index (κ2) is 5.81. The largest absolute Gasteiger partial charge is 0.444 e. The highest BCUT2D eigenvalue weighted by molar-refractivity contribution is 6.11. The van der Waals surface area contributed by atoms with E-state index in [-0.39, 0.29) is 11.5 Å². The summed E-state index contributed by atoms with van der Waals surface area (Å²) < 4.78 is 5.50. The van der Waals surface area contributed by atoms with Gasteiger partial charge in [-0.15, -0.1) is 0 Å². The number of hydrogen-bond donors (Lipinski definition) is 0. The van der Waals surface area contributed by atoms with E-state index in [1.54, 1.807) is 0 Å². The van der Waals surface area contributed by atoms with E-state index >= 15 is 0 Å². The van der Waals surface area contributed by atoms with Crippen LogP contribution in [0.15, 0.2) is 28.8 Å². The minimum Gasteiger partial charge on any atom is -0.444 e. The summed E-state index contributed by atoms with van der Waals surface area (Å²) in [5.41, 5.74) is 2.30. The maximum absolute atomic E-state index is 12.2. The van der Waals surface area contributed by atoms with Crippen LogP contribution in [0.1, 0.15) is 47.0 Å². The van der Waals surface area contributed by atoms with E-state index in [1.807, 2.05) is 25.7 Å². The van der Waals surface area contributed by atoms with Crippen LogP contribution in [0, 0.1) is 11.3 Å². The lowest BCUT2D eigenvalue weighted by molar-refractivity contribution is 0.0148. The van der Waals surface area contributed by atoms with Crippen LogP contribution < -0.4 is 0 Å². The lowest BCUT2D eigenvalue weighted by Gasteiger charge is -2.40. The summed E-state index contributed by atoms with van der Waals surface area (Å²) in [7, 11) is 0. The Hall–Kier alpha value is -1.58. The normalized spacial score (nSPS) is 26.4. The van der Waals surface area contributed by atoms with Gasteiger partial charge in [0, 0.05) is 25.0 Å². The Morgan fingerprint density at radius 1 is 1.35 bits per heavy atom. The third-order valence-corrected chi connectivity index (χ3v) is 5.05. The molecule has 0 bridgehead atoms. The van der Waals surface area contributed by atoms with Crippen molar-refractivity contribution in [2.75, 3.05) is 19.6 Å². The van der Waals surface area contributed by atoms with Crippen LogP contribution in [0.2, 0.25) is 0 Å². The number of amides is 1. The molecule has 0 saturated carbocycles. The third-order valence-electron chi connectivity index (χ3n) is 5.05. The zero-order valence-electron chi connectivity index (χ0n) is 14.8. The molecule has 1 atom stereocenters. The number of aliphatic imine (C=N–C) groups is 1. The van der Waals surface area contributed by atoms with Gasteiger partial charge in [0.1, 0.15) is 5.60 Å². The molecule has 3 aliphatic rings. The first-order chi connectivity index (χ1) is 10.8. The molecule has 4 nitrogen and oxygen atoms in total. The first-order valence-electron chi connectivity index (χ1n) is 8.71. The van der Waals surface area contributed by atoms with Crippen LogP contribution in [-0.4, -0.2) is 41.9 Å². The first-order valence-corrected chi connectivity index (χ1v) is 8.71. The van der Waals surface area contributed by atoms with Crippen molar-refractivity contribution in [2.45, 2.75) is 52.6 Å². The zero-order valence-corrected chi connectivity index (χ0v) is 14.8. The quantitative estimate of drug-likeness (QED) is 0.678. The predicted octanol–water partition coefficient (Wildman–Crippen LogP) is 3.98. The molecule has 1 unspecified atom stereocenters. The summed E-state index contributed by atoms with van der Waals surface area (Å²) in [6.07, 6.45) is 9.70. The Bertz CT molecular complexity index is 573. The number of hydrogen-bond acceptors (Lipinski definition) is 3. The van der Waals surface area contributed by atoms with Crippen LogP contribution in [0.25, 0.3) is 0 Å². The molecule has 4 heteroatoms. The molecule has 2 aliphatic heterocycles. The topological polar surface area (TPSA) is 41.9 Å². The van der Waals surface area contributed by atoms with E-state index in [4.69, 9.17) is 9.73 Å². The standard InChI is InChI=1S/C19H28N2O2/c1-14-5-7-15-16(8-6-14)20-13-19(15)9-11-21(12-10-19)17(22)23-18(2,3)4/h6-8,14H,5,9-13H2,1-4H3. The molecular formula is C19H28N2O2. The van der Waals surface area contributed by atoms with Gasteiger partial charge in [-0.3, -0.25) is 4.99 Å². The number of carbonyl (C=O) groups is 1. The molecule has 0 radical (unpaired) electrons. The molecule has 0 aromatic rings. The molecule has 23 heavy (non-hydrogen) atoms. The van der Waals surface area contributed by atoms with Gasteiger partial charge < -0.3 is 9.64 Å². The Morgan fingerprint density at radius 2 is 2.04 bits per heavy atom. The van der Waals surface area contributed by atoms with E-state index in [0.29, 0.717) is 5.92 Å². The van der Waals surface area contributed by atoms with Gasteiger partial charge in [0.05, 0.1) is 5.71 Å². The molecule has 3 rings (SSSR count). The maximum atomic E-state index is 12.2. The lowest BCUT2D eigenvalue weighted by atomic mass is 9.72. The molecule has 1 saturated heterocycles. The number of allylic oxidation sites excluding steroid dienone is 3. The summed E-state index contributed by atoms with van der Waals surface area (Å²) >= 11 is 0. The number of rotatable bonds is 0. The smallest absolute Gasteiger partial charge is 0.410 e. The van der Waals surface area contributed by atoms with Crippen molar-refractivity contribution in [3.05, 3.63) is 23.8 Å². The Balaban J connectivity index is 1.67. The minimum absolute atomic E-state index is 0.141. The summed E-state index contributed by atoms with van der Waals surface area (Å²) in [6.45, 7) is 10.4. The third kappa shape index (κ3) is 3.36. The van der Waals surface area contributed by atoms with E-state index in [2.05, 4.69) is 25.2 Å². The van der Waals surface area contributed by atoms with Crippen molar-refractivity contribution in [2.24, 2.45) is 16.3 Å². The van der Waals surface area contributed by atoms with E-state index < -0.39 is 5.60 Å². The average molecular weight is 316 g/mol. The Morgan fingerprint density at radius 3 is 2.70 bits per heavy atom. The molecule has 2 heterocycles. The van der Waals surface area contributed by atoms with Crippen LogP contribution in [0.4, 0.5) is 4.79 Å². The molecule has 126 valence electrons. The fourth-order valence-corrected chi connectivity index (χ4v) is 3.65. The Labute approximate surface area is 139 Å². The Kier molecular flexibility index (Phi) is 4.11. The van der Waals surface area contributed by atoms with Gasteiger partial charge in [0.15, 0.2) is 0 Å². The van der Waals surface area contributed by atoms with E-state index in [1.165, 1.54) is 11.3 Å². The van der Waals surface area contributed by atoms with Gasteiger partial charge in [-0.1, -0.05) is 19.1 Å². The molecule has 1 amide bonds. The number of carbonyl (C=O) groups excluding carboxylic acids is 1. The molecular weight excluding hydrogens is 288 g/mol. The monoisotopic (exact) mass is 316 g/mol. The van der Waals surface area contributed by atoms with Crippen LogP contribution >= 0.6 is 0 Å². The van der Waals surface area contributed by atoms with Crippen molar-refractivity contribution in [3.8, 4) is 0 Å². The first kappa shape index (κ1) is 16.3. The second-order valence-electron chi connectivity index (χ2n) is 8.14. The number of fused-ring (bicyclic) bond motifs is 2. The summed E-state index contributed by atoms with van der Waals surface area (Å²) in [6, 6.07) is 0. The zero-order chi connectivity index (χ0) is 16.7. The highest BCUT2D eigenvalue weighted by atomic mass is 16.6. The average Bonchev–Trinajstić information content (AvgIpc) is 2.66. The second-order valence-corrected chi connectivity index (χ2v) is 8.14. The highest BCUT2D eigenvalue weighted by Gasteiger charge is 2.44. The van der Waals surface area contributed by atoms with Crippen molar-refractivity contribution in [1.29, 1.82) is 0 Å². The summed E-state index contributed by atoms with van der Waals surface area (Å²) in [5.74, 6) is 0.578. The molecule has 0 aromatic heterocycles.